The Morgan fingerprint density at radius 3 is 2.72 bits per heavy atom. The van der Waals surface area contributed by atoms with E-state index in [4.69, 9.17) is 4.98 Å². The average molecular weight is 245 g/mol. The topological polar surface area (TPSA) is 37.8 Å². The van der Waals surface area contributed by atoms with Crippen molar-refractivity contribution in [3.05, 3.63) is 23.3 Å². The van der Waals surface area contributed by atoms with Gasteiger partial charge in [-0.2, -0.15) is 0 Å². The summed E-state index contributed by atoms with van der Waals surface area (Å²) in [7, 11) is 0. The van der Waals surface area contributed by atoms with Gasteiger partial charge in [-0.1, -0.05) is 12.8 Å². The number of hydrogen-bond acceptors (Lipinski definition) is 3. The zero-order valence-electron chi connectivity index (χ0n) is 11.3. The Morgan fingerprint density at radius 1 is 1.17 bits per heavy atom. The van der Waals surface area contributed by atoms with Crippen LogP contribution in [0, 0.1) is 6.92 Å². The minimum atomic E-state index is 0.600. The molecule has 3 nitrogen and oxygen atoms in total. The van der Waals surface area contributed by atoms with Crippen LogP contribution in [0.4, 0.5) is 0 Å². The van der Waals surface area contributed by atoms with Crippen molar-refractivity contribution in [1.29, 1.82) is 0 Å². The maximum absolute atomic E-state index is 4.83. The molecule has 1 saturated heterocycles. The van der Waals surface area contributed by atoms with Crippen molar-refractivity contribution in [2.45, 2.75) is 63.8 Å². The maximum atomic E-state index is 4.83. The van der Waals surface area contributed by atoms with Crippen molar-refractivity contribution in [2.75, 3.05) is 6.54 Å². The number of aromatic nitrogens is 2. The number of hydrogen-bond donors (Lipinski definition) is 1. The molecule has 0 aromatic carbocycles. The summed E-state index contributed by atoms with van der Waals surface area (Å²) in [5.74, 6) is 1.75. The van der Waals surface area contributed by atoms with Crippen molar-refractivity contribution in [3.8, 4) is 0 Å². The largest absolute Gasteiger partial charge is 0.314 e. The summed E-state index contributed by atoms with van der Waals surface area (Å²) < 4.78 is 0. The van der Waals surface area contributed by atoms with Gasteiger partial charge < -0.3 is 5.32 Å². The monoisotopic (exact) mass is 245 g/mol. The molecule has 3 rings (SSSR count). The van der Waals surface area contributed by atoms with E-state index >= 15 is 0 Å². The molecule has 0 radical (unpaired) electrons. The lowest BCUT2D eigenvalue weighted by molar-refractivity contribution is 0.577. The van der Waals surface area contributed by atoms with Crippen molar-refractivity contribution < 1.29 is 0 Å². The van der Waals surface area contributed by atoms with Crippen LogP contribution < -0.4 is 5.32 Å². The Morgan fingerprint density at radius 2 is 2.00 bits per heavy atom. The van der Waals surface area contributed by atoms with Crippen molar-refractivity contribution >= 4 is 0 Å². The van der Waals surface area contributed by atoms with Crippen LogP contribution in [0.5, 0.6) is 0 Å². The predicted octanol–water partition coefficient (Wildman–Crippen LogP) is 2.74. The number of aryl methyl sites for hydroxylation is 1. The first-order chi connectivity index (χ1) is 8.81. The zero-order valence-corrected chi connectivity index (χ0v) is 11.3. The summed E-state index contributed by atoms with van der Waals surface area (Å²) in [5.41, 5.74) is 2.44. The summed E-state index contributed by atoms with van der Waals surface area (Å²) in [6.45, 7) is 3.26. The lowest BCUT2D eigenvalue weighted by atomic mass is 10.0. The van der Waals surface area contributed by atoms with Crippen LogP contribution in [0.1, 0.15) is 61.7 Å². The molecule has 1 saturated carbocycles. The molecule has 1 atom stereocenters. The molecule has 0 spiro atoms. The third-order valence-electron chi connectivity index (χ3n) is 4.29. The Bertz CT molecular complexity index is 404. The molecule has 98 valence electrons. The molecule has 1 aromatic heterocycles. The first kappa shape index (κ1) is 12.1. The molecule has 1 unspecified atom stereocenters. The van der Waals surface area contributed by atoms with E-state index in [0.717, 1.165) is 24.5 Å². The lowest BCUT2D eigenvalue weighted by Crippen LogP contribution is -2.25. The van der Waals surface area contributed by atoms with Gasteiger partial charge in [0.1, 0.15) is 5.82 Å². The van der Waals surface area contributed by atoms with Gasteiger partial charge in [0.2, 0.25) is 0 Å². The highest BCUT2D eigenvalue weighted by Crippen LogP contribution is 2.33. The second-order valence-electron chi connectivity index (χ2n) is 5.83. The van der Waals surface area contributed by atoms with E-state index in [9.17, 15) is 0 Å². The second-order valence-corrected chi connectivity index (χ2v) is 5.83. The van der Waals surface area contributed by atoms with E-state index in [2.05, 4.69) is 23.3 Å². The van der Waals surface area contributed by atoms with E-state index in [1.54, 1.807) is 0 Å². The Hall–Kier alpha value is -0.960. The zero-order chi connectivity index (χ0) is 12.4. The summed E-state index contributed by atoms with van der Waals surface area (Å²) in [5, 5.41) is 3.53. The summed E-state index contributed by atoms with van der Waals surface area (Å²) >= 11 is 0. The SMILES string of the molecule is Cc1cc(C2CCCC2)nc(CC2CCCN2)n1. The van der Waals surface area contributed by atoms with Gasteiger partial charge in [0.15, 0.2) is 0 Å². The molecule has 1 aliphatic heterocycles. The molecule has 18 heavy (non-hydrogen) atoms. The standard InChI is InChI=1S/C15H23N3/c1-11-9-14(12-5-2-3-6-12)18-15(17-11)10-13-7-4-8-16-13/h9,12-13,16H,2-8,10H2,1H3. The van der Waals surface area contributed by atoms with Gasteiger partial charge in [-0.05, 0) is 45.2 Å². The van der Waals surface area contributed by atoms with Crippen LogP contribution in [-0.4, -0.2) is 22.6 Å². The van der Waals surface area contributed by atoms with Gasteiger partial charge in [-0.25, -0.2) is 9.97 Å². The van der Waals surface area contributed by atoms with Crippen LogP contribution in [0.3, 0.4) is 0 Å². The summed E-state index contributed by atoms with van der Waals surface area (Å²) in [6, 6.07) is 2.80. The van der Waals surface area contributed by atoms with Crippen LogP contribution in [0.15, 0.2) is 6.07 Å². The Kier molecular flexibility index (Phi) is 3.59. The number of nitrogens with zero attached hydrogens (tertiary/aromatic N) is 2. The first-order valence-corrected chi connectivity index (χ1v) is 7.39. The fourth-order valence-electron chi connectivity index (χ4n) is 3.33. The smallest absolute Gasteiger partial charge is 0.130 e. The van der Waals surface area contributed by atoms with E-state index in [1.807, 2.05) is 0 Å². The normalized spacial score (nSPS) is 24.8. The van der Waals surface area contributed by atoms with Crippen molar-refractivity contribution in [1.82, 2.24) is 15.3 Å². The van der Waals surface area contributed by atoms with Crippen molar-refractivity contribution in [3.63, 3.8) is 0 Å². The molecule has 0 amide bonds. The highest BCUT2D eigenvalue weighted by Gasteiger charge is 2.21. The molecular weight excluding hydrogens is 222 g/mol. The molecule has 1 N–H and O–H groups in total. The Labute approximate surface area is 109 Å². The molecule has 0 bridgehead atoms. The molecule has 1 aliphatic carbocycles. The third-order valence-corrected chi connectivity index (χ3v) is 4.29. The highest BCUT2D eigenvalue weighted by atomic mass is 15.0. The van der Waals surface area contributed by atoms with Crippen LogP contribution in [0.25, 0.3) is 0 Å². The van der Waals surface area contributed by atoms with Gasteiger partial charge in [-0.3, -0.25) is 0 Å². The van der Waals surface area contributed by atoms with Gasteiger partial charge in [0.25, 0.3) is 0 Å². The molecule has 3 heteroatoms. The first-order valence-electron chi connectivity index (χ1n) is 7.39. The fourth-order valence-corrected chi connectivity index (χ4v) is 3.33. The van der Waals surface area contributed by atoms with Gasteiger partial charge in [0, 0.05) is 29.8 Å². The van der Waals surface area contributed by atoms with Crippen molar-refractivity contribution in [2.24, 2.45) is 0 Å². The van der Waals surface area contributed by atoms with Crippen LogP contribution in [0.2, 0.25) is 0 Å². The Balaban J connectivity index is 1.76. The summed E-state index contributed by atoms with van der Waals surface area (Å²) in [4.78, 5) is 9.45. The quantitative estimate of drug-likeness (QED) is 0.889. The van der Waals surface area contributed by atoms with E-state index in [-0.39, 0.29) is 0 Å². The van der Waals surface area contributed by atoms with E-state index < -0.39 is 0 Å². The fraction of sp³-hybridized carbons (Fsp3) is 0.733. The van der Waals surface area contributed by atoms with Crippen LogP contribution in [-0.2, 0) is 6.42 Å². The molecule has 2 fully saturated rings. The molecular formula is C15H23N3. The molecule has 2 aliphatic rings. The lowest BCUT2D eigenvalue weighted by Gasteiger charge is -2.13. The van der Waals surface area contributed by atoms with Gasteiger partial charge >= 0.3 is 0 Å². The number of rotatable bonds is 3. The summed E-state index contributed by atoms with van der Waals surface area (Å²) in [6.07, 6.45) is 8.94. The van der Waals surface area contributed by atoms with E-state index in [1.165, 1.54) is 44.2 Å². The highest BCUT2D eigenvalue weighted by molar-refractivity contribution is 5.16. The predicted molar refractivity (Wildman–Crippen MR) is 72.7 cm³/mol. The number of nitrogens with one attached hydrogen (secondary N) is 1. The maximum Gasteiger partial charge on any atom is 0.130 e. The van der Waals surface area contributed by atoms with Crippen LogP contribution >= 0.6 is 0 Å². The van der Waals surface area contributed by atoms with Gasteiger partial charge in [-0.15, -0.1) is 0 Å². The molecule has 1 aromatic rings. The minimum absolute atomic E-state index is 0.600. The third kappa shape index (κ3) is 2.72. The second kappa shape index (κ2) is 5.35. The van der Waals surface area contributed by atoms with Gasteiger partial charge in [0.05, 0.1) is 0 Å². The molecule has 2 heterocycles. The van der Waals surface area contributed by atoms with E-state index in [0.29, 0.717) is 12.0 Å². The minimum Gasteiger partial charge on any atom is -0.314 e. The average Bonchev–Trinajstić information content (AvgIpc) is 3.00.